The van der Waals surface area contributed by atoms with Crippen LogP contribution in [0.25, 0.3) is 11.1 Å². The number of methoxy groups -OCH3 is 1. The fourth-order valence-electron chi connectivity index (χ4n) is 2.18. The number of rotatable bonds is 3. The van der Waals surface area contributed by atoms with Gasteiger partial charge in [-0.05, 0) is 36.4 Å². The number of benzene rings is 2. The van der Waals surface area contributed by atoms with Gasteiger partial charge in [0.15, 0.2) is 11.5 Å². The first kappa shape index (κ1) is 14.4. The second kappa shape index (κ2) is 5.69. The van der Waals surface area contributed by atoms with E-state index in [2.05, 4.69) is 10.3 Å². The molecule has 0 saturated heterocycles. The molecule has 0 spiro atoms. The molecule has 5 nitrogen and oxygen atoms in total. The highest BCUT2D eigenvalue weighted by Crippen LogP contribution is 2.25. The van der Waals surface area contributed by atoms with E-state index in [1.807, 2.05) is 0 Å². The van der Waals surface area contributed by atoms with Crippen LogP contribution in [0.3, 0.4) is 0 Å². The molecule has 0 bridgehead atoms. The molecule has 1 heterocycles. The Morgan fingerprint density at radius 1 is 1.27 bits per heavy atom. The molecule has 0 unspecified atom stereocenters. The maximum absolute atomic E-state index is 12.4. The molecule has 3 aromatic rings. The van der Waals surface area contributed by atoms with E-state index in [0.29, 0.717) is 39.0 Å². The summed E-state index contributed by atoms with van der Waals surface area (Å²) < 4.78 is 10.6. The lowest BCUT2D eigenvalue weighted by Crippen LogP contribution is -2.13. The normalized spacial score (nSPS) is 10.7. The number of aromatic nitrogens is 1. The van der Waals surface area contributed by atoms with Gasteiger partial charge in [-0.25, -0.2) is 4.98 Å². The summed E-state index contributed by atoms with van der Waals surface area (Å²) in [5.74, 6) is 0.731. The Kier molecular flexibility index (Phi) is 3.73. The first-order valence-corrected chi connectivity index (χ1v) is 6.96. The quantitative estimate of drug-likeness (QED) is 0.791. The Morgan fingerprint density at radius 3 is 2.86 bits per heavy atom. The van der Waals surface area contributed by atoms with E-state index in [1.165, 1.54) is 7.11 Å². The average molecular weight is 317 g/mol. The van der Waals surface area contributed by atoms with E-state index in [0.717, 1.165) is 0 Å². The molecule has 0 atom stereocenters. The third kappa shape index (κ3) is 2.76. The van der Waals surface area contributed by atoms with Gasteiger partial charge in [-0.15, -0.1) is 0 Å². The van der Waals surface area contributed by atoms with Crippen LogP contribution in [-0.2, 0) is 0 Å². The van der Waals surface area contributed by atoms with Crippen LogP contribution in [0, 0.1) is 6.92 Å². The van der Waals surface area contributed by atoms with Crippen molar-refractivity contribution >= 4 is 34.3 Å². The molecule has 0 fully saturated rings. The highest BCUT2D eigenvalue weighted by molar-refractivity contribution is 6.31. The third-order valence-corrected chi connectivity index (χ3v) is 3.39. The molecule has 2 aromatic carbocycles. The number of ether oxygens (including phenoxy) is 1. The van der Waals surface area contributed by atoms with E-state index in [4.69, 9.17) is 20.8 Å². The van der Waals surface area contributed by atoms with E-state index in [9.17, 15) is 4.79 Å². The summed E-state index contributed by atoms with van der Waals surface area (Å²) in [5, 5.41) is 3.27. The number of nitrogens with one attached hydrogen (secondary N) is 1. The van der Waals surface area contributed by atoms with Crippen LogP contribution in [-0.4, -0.2) is 18.0 Å². The summed E-state index contributed by atoms with van der Waals surface area (Å²) >= 11 is 5.94. The van der Waals surface area contributed by atoms with Gasteiger partial charge in [-0.1, -0.05) is 11.6 Å². The molecule has 6 heteroatoms. The molecule has 112 valence electrons. The Balaban J connectivity index is 1.90. The number of halogens is 1. The van der Waals surface area contributed by atoms with Gasteiger partial charge in [0.2, 0.25) is 0 Å². The van der Waals surface area contributed by atoms with Crippen LogP contribution >= 0.6 is 11.6 Å². The zero-order valence-electron chi connectivity index (χ0n) is 12.0. The largest absolute Gasteiger partial charge is 0.496 e. The summed E-state index contributed by atoms with van der Waals surface area (Å²) in [6.07, 6.45) is 0. The lowest BCUT2D eigenvalue weighted by atomic mass is 10.1. The van der Waals surface area contributed by atoms with Gasteiger partial charge in [0.1, 0.15) is 11.3 Å². The standard InChI is InChI=1S/C16H13ClN2O3/c1-9-18-13-8-11(4-6-15(13)22-9)19-16(20)12-7-10(17)3-5-14(12)21-2/h3-8H,1-2H3,(H,19,20). The minimum Gasteiger partial charge on any atom is -0.496 e. The minimum absolute atomic E-state index is 0.307. The van der Waals surface area contributed by atoms with Gasteiger partial charge in [-0.2, -0.15) is 0 Å². The lowest BCUT2D eigenvalue weighted by molar-refractivity contribution is 0.102. The Morgan fingerprint density at radius 2 is 2.09 bits per heavy atom. The smallest absolute Gasteiger partial charge is 0.259 e. The van der Waals surface area contributed by atoms with Gasteiger partial charge in [0.25, 0.3) is 5.91 Å². The van der Waals surface area contributed by atoms with E-state index in [-0.39, 0.29) is 5.91 Å². The predicted molar refractivity (Wildman–Crippen MR) is 84.7 cm³/mol. The van der Waals surface area contributed by atoms with E-state index in [1.54, 1.807) is 43.3 Å². The van der Waals surface area contributed by atoms with Crippen molar-refractivity contribution in [3.05, 3.63) is 52.9 Å². The topological polar surface area (TPSA) is 64.4 Å². The predicted octanol–water partition coefficient (Wildman–Crippen LogP) is 4.05. The van der Waals surface area contributed by atoms with E-state index < -0.39 is 0 Å². The van der Waals surface area contributed by atoms with Crippen molar-refractivity contribution in [1.82, 2.24) is 4.98 Å². The molecule has 0 aliphatic carbocycles. The van der Waals surface area contributed by atoms with Crippen LogP contribution in [0.15, 0.2) is 40.8 Å². The number of carbonyl (C=O) groups excluding carboxylic acids is 1. The number of anilines is 1. The SMILES string of the molecule is COc1ccc(Cl)cc1C(=O)Nc1ccc2oc(C)nc2c1. The number of hydrogen-bond donors (Lipinski definition) is 1. The summed E-state index contributed by atoms with van der Waals surface area (Å²) in [7, 11) is 1.50. The molecule has 0 radical (unpaired) electrons. The monoisotopic (exact) mass is 316 g/mol. The summed E-state index contributed by atoms with van der Waals surface area (Å²) in [5.41, 5.74) is 2.35. The number of hydrogen-bond acceptors (Lipinski definition) is 4. The van der Waals surface area contributed by atoms with Gasteiger partial charge >= 0.3 is 0 Å². The first-order valence-electron chi connectivity index (χ1n) is 6.59. The second-order valence-corrected chi connectivity index (χ2v) is 5.15. The fourth-order valence-corrected chi connectivity index (χ4v) is 2.35. The maximum Gasteiger partial charge on any atom is 0.259 e. The third-order valence-electron chi connectivity index (χ3n) is 3.16. The van der Waals surface area contributed by atoms with Crippen molar-refractivity contribution in [2.45, 2.75) is 6.92 Å². The van der Waals surface area contributed by atoms with Crippen molar-refractivity contribution < 1.29 is 13.9 Å². The van der Waals surface area contributed by atoms with Gasteiger partial charge in [-0.3, -0.25) is 4.79 Å². The molecule has 1 amide bonds. The minimum atomic E-state index is -0.307. The van der Waals surface area contributed by atoms with Crippen LogP contribution in [0.1, 0.15) is 16.2 Å². The van der Waals surface area contributed by atoms with Gasteiger partial charge < -0.3 is 14.5 Å². The van der Waals surface area contributed by atoms with Crippen LogP contribution in [0.2, 0.25) is 5.02 Å². The Bertz CT molecular complexity index is 858. The summed E-state index contributed by atoms with van der Waals surface area (Å²) in [4.78, 5) is 16.6. The molecular formula is C16H13ClN2O3. The van der Waals surface area contributed by atoms with Crippen LogP contribution in [0.5, 0.6) is 5.75 Å². The zero-order valence-corrected chi connectivity index (χ0v) is 12.8. The Hall–Kier alpha value is -2.53. The first-order chi connectivity index (χ1) is 10.6. The lowest BCUT2D eigenvalue weighted by Gasteiger charge is -2.09. The number of aryl methyl sites for hydroxylation is 1. The van der Waals surface area contributed by atoms with Crippen LogP contribution < -0.4 is 10.1 Å². The fraction of sp³-hybridized carbons (Fsp3) is 0.125. The molecule has 22 heavy (non-hydrogen) atoms. The molecule has 1 N–H and O–H groups in total. The second-order valence-electron chi connectivity index (χ2n) is 4.71. The number of oxazole rings is 1. The number of carbonyl (C=O) groups is 1. The number of amides is 1. The zero-order chi connectivity index (χ0) is 15.7. The Labute approximate surface area is 131 Å². The van der Waals surface area contributed by atoms with Crippen molar-refractivity contribution in [2.24, 2.45) is 0 Å². The number of fused-ring (bicyclic) bond motifs is 1. The highest BCUT2D eigenvalue weighted by atomic mass is 35.5. The van der Waals surface area contributed by atoms with Crippen molar-refractivity contribution in [3.8, 4) is 5.75 Å². The molecular weight excluding hydrogens is 304 g/mol. The molecule has 0 saturated carbocycles. The highest BCUT2D eigenvalue weighted by Gasteiger charge is 2.14. The molecule has 0 aliphatic heterocycles. The molecule has 1 aromatic heterocycles. The van der Waals surface area contributed by atoms with E-state index >= 15 is 0 Å². The van der Waals surface area contributed by atoms with Gasteiger partial charge in [0.05, 0.1) is 12.7 Å². The van der Waals surface area contributed by atoms with Gasteiger partial charge in [0, 0.05) is 17.6 Å². The molecule has 0 aliphatic rings. The summed E-state index contributed by atoms with van der Waals surface area (Å²) in [6, 6.07) is 10.2. The average Bonchev–Trinajstić information content (AvgIpc) is 2.86. The van der Waals surface area contributed by atoms with Crippen molar-refractivity contribution in [3.63, 3.8) is 0 Å². The summed E-state index contributed by atoms with van der Waals surface area (Å²) in [6.45, 7) is 1.77. The van der Waals surface area contributed by atoms with Crippen LogP contribution in [0.4, 0.5) is 5.69 Å². The van der Waals surface area contributed by atoms with Crippen molar-refractivity contribution in [2.75, 3.05) is 12.4 Å². The number of nitrogens with zero attached hydrogens (tertiary/aromatic N) is 1. The van der Waals surface area contributed by atoms with Crippen molar-refractivity contribution in [1.29, 1.82) is 0 Å². The maximum atomic E-state index is 12.4. The molecule has 3 rings (SSSR count).